The maximum atomic E-state index is 12.1. The number of rotatable bonds is 4. The zero-order chi connectivity index (χ0) is 13.1. The number of hydrogen-bond acceptors (Lipinski definition) is 4. The van der Waals surface area contributed by atoms with Crippen LogP contribution in [0, 0.1) is 0 Å². The molecule has 0 saturated carbocycles. The molecule has 0 bridgehead atoms. The molecule has 0 fully saturated rings. The first kappa shape index (κ1) is 12.4. The number of hydrazine groups is 1. The molecule has 0 unspecified atom stereocenters. The highest BCUT2D eigenvalue weighted by Crippen LogP contribution is 2.11. The summed E-state index contributed by atoms with van der Waals surface area (Å²) in [5.74, 6) is 5.98. The number of nitrogens with zero attached hydrogens (tertiary/aromatic N) is 3. The minimum atomic E-state index is -0.0307. The highest BCUT2D eigenvalue weighted by molar-refractivity contribution is 5.42. The Bertz CT molecular complexity index is 584. The molecule has 0 radical (unpaired) electrons. The van der Waals surface area contributed by atoms with Crippen molar-refractivity contribution < 1.29 is 0 Å². The second kappa shape index (κ2) is 5.05. The van der Waals surface area contributed by atoms with Crippen LogP contribution in [0.5, 0.6) is 0 Å². The predicted octanol–water partition coefficient (Wildman–Crippen LogP) is 0.960. The fourth-order valence-corrected chi connectivity index (χ4v) is 1.82. The Kier molecular flexibility index (Phi) is 3.47. The fourth-order valence-electron chi connectivity index (χ4n) is 1.82. The van der Waals surface area contributed by atoms with Gasteiger partial charge in [-0.05, 0) is 19.9 Å². The second-order valence-corrected chi connectivity index (χ2v) is 4.37. The van der Waals surface area contributed by atoms with E-state index < -0.39 is 0 Å². The minimum Gasteiger partial charge on any atom is -0.308 e. The van der Waals surface area contributed by atoms with Gasteiger partial charge < -0.3 is 5.43 Å². The van der Waals surface area contributed by atoms with Gasteiger partial charge in [0.05, 0.1) is 6.54 Å². The lowest BCUT2D eigenvalue weighted by atomic mass is 10.2. The number of nitrogens with one attached hydrogen (secondary N) is 1. The van der Waals surface area contributed by atoms with E-state index in [2.05, 4.69) is 10.4 Å². The molecule has 0 spiro atoms. The third kappa shape index (κ3) is 2.28. The van der Waals surface area contributed by atoms with Crippen LogP contribution in [0.3, 0.4) is 0 Å². The lowest BCUT2D eigenvalue weighted by Gasteiger charge is -2.08. The van der Waals surface area contributed by atoms with E-state index in [-0.39, 0.29) is 11.7 Å². The Morgan fingerprint density at radius 1 is 1.44 bits per heavy atom. The highest BCUT2D eigenvalue weighted by atomic mass is 16.1. The van der Waals surface area contributed by atoms with Crippen molar-refractivity contribution >= 4 is 5.82 Å². The Morgan fingerprint density at radius 2 is 2.22 bits per heavy atom. The monoisotopic (exact) mass is 247 g/mol. The summed E-state index contributed by atoms with van der Waals surface area (Å²) < 4.78 is 3.32. The SMILES string of the molecule is CC(C)n1ccn(Cc2cccnc2NN)c1=O. The fraction of sp³-hybridized carbons (Fsp3) is 0.333. The van der Waals surface area contributed by atoms with Gasteiger partial charge in [0.1, 0.15) is 5.82 Å². The Balaban J connectivity index is 2.32. The summed E-state index contributed by atoms with van der Waals surface area (Å²) >= 11 is 0. The molecule has 0 aliphatic carbocycles. The van der Waals surface area contributed by atoms with Crippen LogP contribution in [0.2, 0.25) is 0 Å². The average molecular weight is 247 g/mol. The molecule has 2 aromatic rings. The molecule has 0 aliphatic rings. The van der Waals surface area contributed by atoms with Crippen molar-refractivity contribution in [1.29, 1.82) is 0 Å². The Morgan fingerprint density at radius 3 is 2.83 bits per heavy atom. The lowest BCUT2D eigenvalue weighted by Crippen LogP contribution is -2.26. The minimum absolute atomic E-state index is 0.0307. The first-order chi connectivity index (χ1) is 8.63. The van der Waals surface area contributed by atoms with Gasteiger partial charge >= 0.3 is 5.69 Å². The van der Waals surface area contributed by atoms with Gasteiger partial charge in [-0.3, -0.25) is 9.13 Å². The molecule has 0 amide bonds. The van der Waals surface area contributed by atoms with Gasteiger partial charge in [-0.2, -0.15) is 0 Å². The molecular weight excluding hydrogens is 230 g/mol. The van der Waals surface area contributed by atoms with Gasteiger partial charge in [-0.1, -0.05) is 6.07 Å². The maximum Gasteiger partial charge on any atom is 0.328 e. The highest BCUT2D eigenvalue weighted by Gasteiger charge is 2.08. The van der Waals surface area contributed by atoms with Crippen LogP contribution in [-0.2, 0) is 6.54 Å². The number of nitrogen functional groups attached to an aromatic ring is 1. The topological polar surface area (TPSA) is 77.9 Å². The first-order valence-electron chi connectivity index (χ1n) is 5.81. The van der Waals surface area contributed by atoms with Gasteiger partial charge in [-0.25, -0.2) is 15.6 Å². The standard InChI is InChI=1S/C12H17N5O/c1-9(2)17-7-6-16(12(17)18)8-10-4-3-5-14-11(10)15-13/h3-7,9H,8,13H2,1-2H3,(H,14,15). The molecule has 2 rings (SSSR count). The van der Waals surface area contributed by atoms with Crippen LogP contribution in [-0.4, -0.2) is 14.1 Å². The zero-order valence-corrected chi connectivity index (χ0v) is 10.5. The van der Waals surface area contributed by atoms with E-state index in [9.17, 15) is 4.79 Å². The van der Waals surface area contributed by atoms with Gasteiger partial charge in [-0.15, -0.1) is 0 Å². The normalized spacial score (nSPS) is 10.9. The van der Waals surface area contributed by atoms with Crippen LogP contribution in [0.1, 0.15) is 25.5 Å². The van der Waals surface area contributed by atoms with E-state index in [1.54, 1.807) is 27.7 Å². The Hall–Kier alpha value is -2.08. The largest absolute Gasteiger partial charge is 0.328 e. The van der Waals surface area contributed by atoms with E-state index in [1.807, 2.05) is 26.0 Å². The van der Waals surface area contributed by atoms with Crippen molar-refractivity contribution in [3.8, 4) is 0 Å². The third-order valence-electron chi connectivity index (χ3n) is 2.80. The number of pyridine rings is 1. The number of hydrogen-bond donors (Lipinski definition) is 2. The summed E-state index contributed by atoms with van der Waals surface area (Å²) in [6.07, 6.45) is 5.22. The first-order valence-corrected chi connectivity index (χ1v) is 5.81. The van der Waals surface area contributed by atoms with Crippen molar-refractivity contribution in [1.82, 2.24) is 14.1 Å². The van der Waals surface area contributed by atoms with E-state index >= 15 is 0 Å². The molecule has 0 atom stereocenters. The molecule has 3 N–H and O–H groups in total. The summed E-state index contributed by atoms with van der Waals surface area (Å²) in [5, 5.41) is 0. The number of aromatic nitrogens is 3. The smallest absolute Gasteiger partial charge is 0.308 e. The quantitative estimate of drug-likeness (QED) is 0.623. The predicted molar refractivity (Wildman–Crippen MR) is 70.2 cm³/mol. The van der Waals surface area contributed by atoms with Crippen molar-refractivity contribution in [3.63, 3.8) is 0 Å². The van der Waals surface area contributed by atoms with Gasteiger partial charge in [0.25, 0.3) is 0 Å². The van der Waals surface area contributed by atoms with Crippen LogP contribution >= 0.6 is 0 Å². The average Bonchev–Trinajstić information content (AvgIpc) is 2.72. The summed E-state index contributed by atoms with van der Waals surface area (Å²) in [4.78, 5) is 16.2. The van der Waals surface area contributed by atoms with Gasteiger partial charge in [0.2, 0.25) is 0 Å². The molecule has 6 nitrogen and oxygen atoms in total. The van der Waals surface area contributed by atoms with Crippen LogP contribution in [0.15, 0.2) is 35.5 Å². The molecule has 0 aromatic carbocycles. The number of anilines is 1. The molecule has 2 aromatic heterocycles. The summed E-state index contributed by atoms with van der Waals surface area (Å²) in [6, 6.07) is 3.86. The molecule has 0 saturated heterocycles. The van der Waals surface area contributed by atoms with E-state index in [0.717, 1.165) is 5.56 Å². The van der Waals surface area contributed by atoms with E-state index in [4.69, 9.17) is 5.84 Å². The maximum absolute atomic E-state index is 12.1. The van der Waals surface area contributed by atoms with Crippen LogP contribution < -0.4 is 17.0 Å². The van der Waals surface area contributed by atoms with Crippen molar-refractivity contribution in [2.24, 2.45) is 5.84 Å². The molecule has 96 valence electrons. The molecular formula is C12H17N5O. The molecule has 2 heterocycles. The second-order valence-electron chi connectivity index (χ2n) is 4.37. The number of imidazole rings is 1. The molecule has 0 aliphatic heterocycles. The van der Waals surface area contributed by atoms with Gasteiger partial charge in [0.15, 0.2) is 0 Å². The van der Waals surface area contributed by atoms with E-state index in [1.165, 1.54) is 0 Å². The van der Waals surface area contributed by atoms with Crippen molar-refractivity contribution in [2.45, 2.75) is 26.4 Å². The molecule has 6 heteroatoms. The molecule has 18 heavy (non-hydrogen) atoms. The van der Waals surface area contributed by atoms with E-state index in [0.29, 0.717) is 12.4 Å². The lowest BCUT2D eigenvalue weighted by molar-refractivity contribution is 0.561. The summed E-state index contributed by atoms with van der Waals surface area (Å²) in [5.41, 5.74) is 3.38. The Labute approximate surface area is 105 Å². The zero-order valence-electron chi connectivity index (χ0n) is 10.5. The number of nitrogens with two attached hydrogens (primary N) is 1. The van der Waals surface area contributed by atoms with Gasteiger partial charge in [0, 0.05) is 30.2 Å². The van der Waals surface area contributed by atoms with Crippen LogP contribution in [0.25, 0.3) is 0 Å². The summed E-state index contributed by atoms with van der Waals surface area (Å²) in [7, 11) is 0. The van der Waals surface area contributed by atoms with Crippen molar-refractivity contribution in [2.75, 3.05) is 5.43 Å². The summed E-state index contributed by atoms with van der Waals surface area (Å²) in [6.45, 7) is 4.40. The van der Waals surface area contributed by atoms with Crippen molar-refractivity contribution in [3.05, 3.63) is 46.8 Å². The van der Waals surface area contributed by atoms with Crippen LogP contribution in [0.4, 0.5) is 5.82 Å². The third-order valence-corrected chi connectivity index (χ3v) is 2.80.